The van der Waals surface area contributed by atoms with Gasteiger partial charge in [0.1, 0.15) is 12.2 Å². The Morgan fingerprint density at radius 3 is 2.50 bits per heavy atom. The van der Waals surface area contributed by atoms with Gasteiger partial charge in [-0.1, -0.05) is 30.3 Å². The third-order valence-corrected chi connectivity index (χ3v) is 4.46. The molecule has 1 aromatic rings. The molecule has 0 aliphatic carbocycles. The highest BCUT2D eigenvalue weighted by Crippen LogP contribution is 2.24. The Morgan fingerprint density at radius 2 is 1.92 bits per heavy atom. The maximum Gasteiger partial charge on any atom is 0.327 e. The summed E-state index contributed by atoms with van der Waals surface area (Å²) in [4.78, 5) is 39.0. The second kappa shape index (κ2) is 7.84. The van der Waals surface area contributed by atoms with Gasteiger partial charge in [0, 0.05) is 14.1 Å². The number of likely N-dealkylation sites (N-methyl/N-ethyl adjacent to an activating group) is 2. The molecule has 8 heteroatoms. The van der Waals surface area contributed by atoms with Crippen molar-refractivity contribution in [2.75, 3.05) is 20.7 Å². The third-order valence-electron chi connectivity index (χ3n) is 4.46. The summed E-state index contributed by atoms with van der Waals surface area (Å²) in [6.45, 7) is 3.21. The van der Waals surface area contributed by atoms with Gasteiger partial charge >= 0.3 is 12.0 Å². The molecule has 3 atom stereocenters. The SMILES string of the molecule is CCOC(=O)[C@H](Cc1ccccc1)N[C@H]1N(C)C(=O)N(C)C(=O)[C@@]1(C)O. The molecule has 1 aromatic carbocycles. The Balaban J connectivity index is 2.29. The number of nitrogens with zero attached hydrogens (tertiary/aromatic N) is 2. The van der Waals surface area contributed by atoms with E-state index in [0.29, 0.717) is 0 Å². The Kier molecular flexibility index (Phi) is 5.99. The van der Waals surface area contributed by atoms with Crippen LogP contribution in [0, 0.1) is 0 Å². The van der Waals surface area contributed by atoms with Gasteiger partial charge in [-0.15, -0.1) is 0 Å². The van der Waals surface area contributed by atoms with Gasteiger partial charge < -0.3 is 14.7 Å². The van der Waals surface area contributed by atoms with Crippen molar-refractivity contribution in [2.24, 2.45) is 0 Å². The summed E-state index contributed by atoms with van der Waals surface area (Å²) in [6, 6.07) is 7.89. The predicted octanol–water partition coefficient (Wildman–Crippen LogP) is 0.351. The molecule has 0 radical (unpaired) electrons. The van der Waals surface area contributed by atoms with Crippen LogP contribution in [-0.2, 0) is 20.7 Å². The highest BCUT2D eigenvalue weighted by Gasteiger charge is 2.52. The monoisotopic (exact) mass is 363 g/mol. The number of amides is 3. The number of hydrogen-bond acceptors (Lipinski definition) is 6. The van der Waals surface area contributed by atoms with E-state index < -0.39 is 35.7 Å². The molecule has 1 fully saturated rings. The van der Waals surface area contributed by atoms with Crippen molar-refractivity contribution in [3.8, 4) is 0 Å². The topological polar surface area (TPSA) is 99.2 Å². The number of carbonyl (C=O) groups is 3. The molecule has 1 saturated heterocycles. The van der Waals surface area contributed by atoms with Gasteiger partial charge in [-0.3, -0.25) is 19.8 Å². The molecule has 1 aliphatic rings. The number of urea groups is 1. The molecule has 0 spiro atoms. The molecular formula is C18H25N3O5. The number of esters is 1. The average Bonchev–Trinajstić information content (AvgIpc) is 2.62. The minimum absolute atomic E-state index is 0.198. The number of benzene rings is 1. The lowest BCUT2D eigenvalue weighted by Crippen LogP contribution is -2.73. The molecule has 2 N–H and O–H groups in total. The van der Waals surface area contributed by atoms with Crippen molar-refractivity contribution < 1.29 is 24.2 Å². The molecule has 2 rings (SSSR count). The van der Waals surface area contributed by atoms with E-state index in [2.05, 4.69) is 5.32 Å². The number of nitrogens with one attached hydrogen (secondary N) is 1. The molecule has 0 bridgehead atoms. The van der Waals surface area contributed by atoms with Crippen molar-refractivity contribution >= 4 is 17.9 Å². The molecule has 0 unspecified atom stereocenters. The molecule has 1 heterocycles. The van der Waals surface area contributed by atoms with Crippen LogP contribution >= 0.6 is 0 Å². The smallest absolute Gasteiger partial charge is 0.327 e. The van der Waals surface area contributed by atoms with Crippen molar-refractivity contribution in [1.29, 1.82) is 0 Å². The number of rotatable bonds is 6. The van der Waals surface area contributed by atoms with E-state index in [0.717, 1.165) is 10.5 Å². The number of carbonyl (C=O) groups excluding carboxylic acids is 3. The molecule has 142 valence electrons. The fraction of sp³-hybridized carbons (Fsp3) is 0.500. The summed E-state index contributed by atoms with van der Waals surface area (Å²) in [6.07, 6.45) is -0.782. The van der Waals surface area contributed by atoms with E-state index in [1.807, 2.05) is 30.3 Å². The van der Waals surface area contributed by atoms with Gasteiger partial charge in [0.2, 0.25) is 0 Å². The number of ether oxygens (including phenoxy) is 1. The minimum Gasteiger partial charge on any atom is -0.465 e. The van der Waals surface area contributed by atoms with Crippen LogP contribution in [0.2, 0.25) is 0 Å². The lowest BCUT2D eigenvalue weighted by atomic mass is 9.95. The maximum absolute atomic E-state index is 12.4. The zero-order chi connectivity index (χ0) is 19.5. The zero-order valence-corrected chi connectivity index (χ0v) is 15.4. The highest BCUT2D eigenvalue weighted by molar-refractivity contribution is 6.01. The van der Waals surface area contributed by atoms with Gasteiger partial charge in [0.15, 0.2) is 5.60 Å². The summed E-state index contributed by atoms with van der Waals surface area (Å²) in [5, 5.41) is 13.6. The van der Waals surface area contributed by atoms with E-state index in [-0.39, 0.29) is 13.0 Å². The summed E-state index contributed by atoms with van der Waals surface area (Å²) in [5.41, 5.74) is -1.01. The van der Waals surface area contributed by atoms with Gasteiger partial charge in [0.05, 0.1) is 6.61 Å². The minimum atomic E-state index is -1.89. The summed E-state index contributed by atoms with van der Waals surface area (Å²) >= 11 is 0. The zero-order valence-electron chi connectivity index (χ0n) is 15.4. The molecule has 26 heavy (non-hydrogen) atoms. The second-order valence-electron chi connectivity index (χ2n) is 6.47. The van der Waals surface area contributed by atoms with Gasteiger partial charge in [-0.2, -0.15) is 0 Å². The van der Waals surface area contributed by atoms with Crippen LogP contribution in [0.4, 0.5) is 4.79 Å². The van der Waals surface area contributed by atoms with Crippen LogP contribution in [0.5, 0.6) is 0 Å². The van der Waals surface area contributed by atoms with E-state index in [9.17, 15) is 19.5 Å². The van der Waals surface area contributed by atoms with Crippen molar-refractivity contribution in [2.45, 2.75) is 38.1 Å². The van der Waals surface area contributed by atoms with Crippen LogP contribution in [0.15, 0.2) is 30.3 Å². The summed E-state index contributed by atoms with van der Waals surface area (Å²) in [5.74, 6) is -1.25. The van der Waals surface area contributed by atoms with E-state index >= 15 is 0 Å². The number of hydrogen-bond donors (Lipinski definition) is 2. The van der Waals surface area contributed by atoms with Crippen LogP contribution in [0.3, 0.4) is 0 Å². The lowest BCUT2D eigenvalue weighted by Gasteiger charge is -2.46. The highest BCUT2D eigenvalue weighted by atomic mass is 16.5. The van der Waals surface area contributed by atoms with Gasteiger partial charge in [-0.25, -0.2) is 4.79 Å². The second-order valence-corrected chi connectivity index (χ2v) is 6.47. The first kappa shape index (κ1) is 19.9. The largest absolute Gasteiger partial charge is 0.465 e. The average molecular weight is 363 g/mol. The fourth-order valence-electron chi connectivity index (χ4n) is 3.04. The molecule has 3 amide bonds. The number of aliphatic hydroxyl groups is 1. The van der Waals surface area contributed by atoms with E-state index in [1.165, 1.54) is 25.9 Å². The van der Waals surface area contributed by atoms with Crippen LogP contribution in [-0.4, -0.2) is 71.3 Å². The summed E-state index contributed by atoms with van der Waals surface area (Å²) in [7, 11) is 2.76. The lowest BCUT2D eigenvalue weighted by molar-refractivity contribution is -0.162. The van der Waals surface area contributed by atoms with Crippen molar-refractivity contribution in [3.63, 3.8) is 0 Å². The molecular weight excluding hydrogens is 338 g/mol. The Labute approximate surface area is 152 Å². The van der Waals surface area contributed by atoms with Crippen LogP contribution in [0.1, 0.15) is 19.4 Å². The molecule has 0 saturated carbocycles. The van der Waals surface area contributed by atoms with Gasteiger partial charge in [-0.05, 0) is 25.8 Å². The Bertz CT molecular complexity index is 677. The number of imide groups is 1. The van der Waals surface area contributed by atoms with E-state index in [4.69, 9.17) is 4.74 Å². The van der Waals surface area contributed by atoms with Gasteiger partial charge in [0.25, 0.3) is 5.91 Å². The summed E-state index contributed by atoms with van der Waals surface area (Å²) < 4.78 is 5.11. The maximum atomic E-state index is 12.4. The van der Waals surface area contributed by atoms with Crippen LogP contribution < -0.4 is 5.32 Å². The Hall–Kier alpha value is -2.45. The normalized spacial score (nSPS) is 24.6. The first-order valence-corrected chi connectivity index (χ1v) is 8.44. The molecule has 0 aromatic heterocycles. The first-order chi connectivity index (χ1) is 12.2. The molecule has 1 aliphatic heterocycles. The van der Waals surface area contributed by atoms with E-state index in [1.54, 1.807) is 6.92 Å². The molecule has 8 nitrogen and oxygen atoms in total. The first-order valence-electron chi connectivity index (χ1n) is 8.44. The standard InChI is InChI=1S/C18H25N3O5/c1-5-26-14(22)13(11-12-9-7-6-8-10-12)19-15-18(2,25)16(23)21(4)17(24)20(15)3/h6-10,13,15,19,25H,5,11H2,1-4H3/t13-,15-,18-/m0/s1. The fourth-order valence-corrected chi connectivity index (χ4v) is 3.04. The van der Waals surface area contributed by atoms with Crippen molar-refractivity contribution in [1.82, 2.24) is 15.1 Å². The predicted molar refractivity (Wildman–Crippen MR) is 94.0 cm³/mol. The Morgan fingerprint density at radius 1 is 1.31 bits per heavy atom. The van der Waals surface area contributed by atoms with Crippen LogP contribution in [0.25, 0.3) is 0 Å². The third kappa shape index (κ3) is 3.86. The quantitative estimate of drug-likeness (QED) is 0.708. The van der Waals surface area contributed by atoms with Crippen molar-refractivity contribution in [3.05, 3.63) is 35.9 Å².